The summed E-state index contributed by atoms with van der Waals surface area (Å²) in [7, 11) is 0. The summed E-state index contributed by atoms with van der Waals surface area (Å²) in [5.41, 5.74) is 0.254. The van der Waals surface area contributed by atoms with Gasteiger partial charge in [0, 0.05) is 5.56 Å². The van der Waals surface area contributed by atoms with Crippen LogP contribution in [0.1, 0.15) is 10.4 Å². The summed E-state index contributed by atoms with van der Waals surface area (Å²) in [5.74, 6) is -0.338. The highest BCUT2D eigenvalue weighted by Crippen LogP contribution is 2.21. The molecule has 0 saturated heterocycles. The number of rotatable bonds is 6. The van der Waals surface area contributed by atoms with E-state index in [1.165, 1.54) is 12.1 Å². The first kappa shape index (κ1) is 18.3. The first-order chi connectivity index (χ1) is 11.8. The van der Waals surface area contributed by atoms with Crippen molar-refractivity contribution in [1.82, 2.24) is 10.6 Å². The van der Waals surface area contributed by atoms with E-state index in [9.17, 15) is 22.8 Å². The molecule has 25 heavy (non-hydrogen) atoms. The SMILES string of the molecule is O=C(CNC(=O)c1ccc(Oc2ccccc2)cc1)NCC(F)(F)F. The van der Waals surface area contributed by atoms with E-state index in [-0.39, 0.29) is 5.56 Å². The highest BCUT2D eigenvalue weighted by Gasteiger charge is 2.27. The fourth-order valence-electron chi connectivity index (χ4n) is 1.82. The zero-order chi connectivity index (χ0) is 18.3. The molecular formula is C17H15F3N2O3. The van der Waals surface area contributed by atoms with Crippen molar-refractivity contribution in [1.29, 1.82) is 0 Å². The summed E-state index contributed by atoms with van der Waals surface area (Å²) in [4.78, 5) is 23.1. The topological polar surface area (TPSA) is 67.4 Å². The molecule has 0 aliphatic carbocycles. The van der Waals surface area contributed by atoms with Crippen LogP contribution in [0.3, 0.4) is 0 Å². The Hall–Kier alpha value is -3.03. The van der Waals surface area contributed by atoms with Crippen molar-refractivity contribution in [2.24, 2.45) is 0 Å². The molecule has 0 aliphatic heterocycles. The fourth-order valence-corrected chi connectivity index (χ4v) is 1.82. The van der Waals surface area contributed by atoms with E-state index in [1.54, 1.807) is 29.6 Å². The summed E-state index contributed by atoms with van der Waals surface area (Å²) in [6, 6.07) is 15.2. The Balaban J connectivity index is 1.83. The maximum atomic E-state index is 12.0. The van der Waals surface area contributed by atoms with Crippen LogP contribution in [0.25, 0.3) is 0 Å². The maximum absolute atomic E-state index is 12.0. The highest BCUT2D eigenvalue weighted by molar-refractivity contribution is 5.96. The quantitative estimate of drug-likeness (QED) is 0.840. The van der Waals surface area contributed by atoms with Gasteiger partial charge >= 0.3 is 6.18 Å². The average Bonchev–Trinajstić information content (AvgIpc) is 2.59. The molecule has 0 spiro atoms. The Morgan fingerprint density at radius 1 is 0.880 bits per heavy atom. The van der Waals surface area contributed by atoms with Gasteiger partial charge in [-0.3, -0.25) is 9.59 Å². The Bertz CT molecular complexity index is 716. The zero-order valence-electron chi connectivity index (χ0n) is 13.0. The Labute approximate surface area is 141 Å². The number of alkyl halides is 3. The van der Waals surface area contributed by atoms with Crippen molar-refractivity contribution in [3.63, 3.8) is 0 Å². The minimum atomic E-state index is -4.49. The number of para-hydroxylation sites is 1. The van der Waals surface area contributed by atoms with E-state index in [2.05, 4.69) is 5.32 Å². The van der Waals surface area contributed by atoms with Crippen LogP contribution in [0.2, 0.25) is 0 Å². The zero-order valence-corrected chi connectivity index (χ0v) is 13.0. The number of benzene rings is 2. The Morgan fingerprint density at radius 3 is 2.08 bits per heavy atom. The van der Waals surface area contributed by atoms with E-state index in [4.69, 9.17) is 4.74 Å². The molecular weight excluding hydrogens is 337 g/mol. The van der Waals surface area contributed by atoms with Gasteiger partial charge in [0.2, 0.25) is 5.91 Å². The molecule has 2 aromatic rings. The summed E-state index contributed by atoms with van der Waals surface area (Å²) < 4.78 is 41.5. The molecule has 2 N–H and O–H groups in total. The standard InChI is InChI=1S/C17H15F3N2O3/c18-17(19,20)11-22-15(23)10-21-16(24)12-6-8-14(9-7-12)25-13-4-2-1-3-5-13/h1-9H,10-11H2,(H,21,24)(H,22,23). The lowest BCUT2D eigenvalue weighted by Gasteiger charge is -2.09. The molecule has 0 saturated carbocycles. The lowest BCUT2D eigenvalue weighted by Crippen LogP contribution is -2.40. The number of hydrogen-bond donors (Lipinski definition) is 2. The average molecular weight is 352 g/mol. The smallest absolute Gasteiger partial charge is 0.405 e. The van der Waals surface area contributed by atoms with Crippen LogP contribution in [0.15, 0.2) is 54.6 Å². The van der Waals surface area contributed by atoms with E-state index in [1.807, 2.05) is 18.2 Å². The molecule has 5 nitrogen and oxygen atoms in total. The van der Waals surface area contributed by atoms with Crippen molar-refractivity contribution in [2.45, 2.75) is 6.18 Å². The van der Waals surface area contributed by atoms with Crippen molar-refractivity contribution >= 4 is 11.8 Å². The molecule has 0 bridgehead atoms. The van der Waals surface area contributed by atoms with Crippen LogP contribution in [-0.4, -0.2) is 31.1 Å². The van der Waals surface area contributed by atoms with Crippen LogP contribution >= 0.6 is 0 Å². The van der Waals surface area contributed by atoms with Gasteiger partial charge in [-0.05, 0) is 36.4 Å². The molecule has 8 heteroatoms. The summed E-state index contributed by atoms with van der Waals surface area (Å²) in [6.07, 6.45) is -4.49. The third-order valence-electron chi connectivity index (χ3n) is 2.99. The largest absolute Gasteiger partial charge is 0.457 e. The number of ether oxygens (including phenoxy) is 1. The molecule has 0 unspecified atom stereocenters. The Morgan fingerprint density at radius 2 is 1.48 bits per heavy atom. The predicted molar refractivity (Wildman–Crippen MR) is 84.4 cm³/mol. The molecule has 132 valence electrons. The van der Waals surface area contributed by atoms with Crippen molar-refractivity contribution < 1.29 is 27.5 Å². The van der Waals surface area contributed by atoms with Crippen LogP contribution in [0.4, 0.5) is 13.2 Å². The van der Waals surface area contributed by atoms with Gasteiger partial charge in [-0.25, -0.2) is 0 Å². The molecule has 0 heterocycles. The Kier molecular flexibility index (Phi) is 5.99. The minimum Gasteiger partial charge on any atom is -0.457 e. The van der Waals surface area contributed by atoms with Gasteiger partial charge in [-0.2, -0.15) is 13.2 Å². The minimum absolute atomic E-state index is 0.254. The maximum Gasteiger partial charge on any atom is 0.405 e. The normalized spacial score (nSPS) is 10.8. The second-order valence-electron chi connectivity index (χ2n) is 5.01. The molecule has 0 aromatic heterocycles. The first-order valence-electron chi connectivity index (χ1n) is 7.28. The second-order valence-corrected chi connectivity index (χ2v) is 5.01. The van der Waals surface area contributed by atoms with Gasteiger partial charge in [-0.1, -0.05) is 18.2 Å². The van der Waals surface area contributed by atoms with Crippen molar-refractivity contribution in [3.8, 4) is 11.5 Å². The fraction of sp³-hybridized carbons (Fsp3) is 0.176. The van der Waals surface area contributed by atoms with Crippen LogP contribution in [0, 0.1) is 0 Å². The van der Waals surface area contributed by atoms with Gasteiger partial charge in [0.15, 0.2) is 0 Å². The van der Waals surface area contributed by atoms with E-state index >= 15 is 0 Å². The lowest BCUT2D eigenvalue weighted by atomic mass is 10.2. The predicted octanol–water partition coefficient (Wildman–Crippen LogP) is 2.89. The van der Waals surface area contributed by atoms with Crippen molar-refractivity contribution in [2.75, 3.05) is 13.1 Å². The molecule has 2 amide bonds. The molecule has 0 radical (unpaired) electrons. The molecule has 0 aliphatic rings. The third kappa shape index (κ3) is 6.54. The first-order valence-corrected chi connectivity index (χ1v) is 7.28. The van der Waals surface area contributed by atoms with Gasteiger partial charge in [0.05, 0.1) is 6.54 Å². The molecule has 0 fully saturated rings. The molecule has 2 aromatic carbocycles. The van der Waals surface area contributed by atoms with Gasteiger partial charge in [0.25, 0.3) is 5.91 Å². The van der Waals surface area contributed by atoms with Gasteiger partial charge in [-0.15, -0.1) is 0 Å². The number of hydrogen-bond acceptors (Lipinski definition) is 3. The second kappa shape index (κ2) is 8.18. The number of amides is 2. The number of halogens is 3. The highest BCUT2D eigenvalue weighted by atomic mass is 19.4. The van der Waals surface area contributed by atoms with E-state index in [0.717, 1.165) is 0 Å². The third-order valence-corrected chi connectivity index (χ3v) is 2.99. The monoisotopic (exact) mass is 352 g/mol. The molecule has 2 rings (SSSR count). The van der Waals surface area contributed by atoms with Crippen molar-refractivity contribution in [3.05, 3.63) is 60.2 Å². The lowest BCUT2D eigenvalue weighted by molar-refractivity contribution is -0.137. The number of nitrogens with one attached hydrogen (secondary N) is 2. The van der Waals surface area contributed by atoms with Gasteiger partial charge in [0.1, 0.15) is 18.0 Å². The van der Waals surface area contributed by atoms with Crippen LogP contribution in [-0.2, 0) is 4.79 Å². The summed E-state index contributed by atoms with van der Waals surface area (Å²) in [5, 5.41) is 3.91. The summed E-state index contributed by atoms with van der Waals surface area (Å²) >= 11 is 0. The van der Waals surface area contributed by atoms with E-state index in [0.29, 0.717) is 11.5 Å². The van der Waals surface area contributed by atoms with Gasteiger partial charge < -0.3 is 15.4 Å². The van der Waals surface area contributed by atoms with Crippen LogP contribution in [0.5, 0.6) is 11.5 Å². The molecule has 0 atom stereocenters. The van der Waals surface area contributed by atoms with Crippen LogP contribution < -0.4 is 15.4 Å². The number of carbonyl (C=O) groups excluding carboxylic acids is 2. The summed E-state index contributed by atoms with van der Waals surface area (Å²) in [6.45, 7) is -1.98. The number of carbonyl (C=O) groups is 2. The van der Waals surface area contributed by atoms with E-state index < -0.39 is 31.1 Å².